The first-order valence-corrected chi connectivity index (χ1v) is 12.7. The Bertz CT molecular complexity index is 572. The van der Waals surface area contributed by atoms with Crippen molar-refractivity contribution in [2.45, 2.75) is 33.6 Å². The van der Waals surface area contributed by atoms with E-state index in [1.165, 1.54) is 8.47 Å². The third kappa shape index (κ3) is 8.46. The minimum Gasteiger partial charge on any atom is -0.258 e. The molecule has 0 spiro atoms. The number of allylic oxidation sites excluding steroid dienone is 2. The molecule has 0 aliphatic rings. The van der Waals surface area contributed by atoms with Gasteiger partial charge in [-0.25, -0.2) is 0 Å². The van der Waals surface area contributed by atoms with Crippen LogP contribution in [0.15, 0.2) is 44.9 Å². The van der Waals surface area contributed by atoms with Gasteiger partial charge in [-0.1, -0.05) is 52.0 Å². The Morgan fingerprint density at radius 3 is 1.58 bits per heavy atom. The normalized spacial score (nSPS) is 10.7. The lowest BCUT2D eigenvalue weighted by atomic mass is 9.99. The molecule has 3 nitrogen and oxygen atoms in total. The van der Waals surface area contributed by atoms with Crippen molar-refractivity contribution in [1.82, 2.24) is 0 Å². The van der Waals surface area contributed by atoms with Crippen molar-refractivity contribution >= 4 is 52.7 Å². The van der Waals surface area contributed by atoms with E-state index < -0.39 is 0 Å². The quantitative estimate of drug-likeness (QED) is 0.255. The Balaban J connectivity index is 3.28. The highest BCUT2D eigenvalue weighted by atomic mass is 32.2. The Labute approximate surface area is 174 Å². The van der Waals surface area contributed by atoms with Crippen molar-refractivity contribution in [3.8, 4) is 0 Å². The zero-order valence-corrected chi connectivity index (χ0v) is 19.0. The highest BCUT2D eigenvalue weighted by molar-refractivity contribution is 8.22. The Morgan fingerprint density at radius 1 is 0.885 bits per heavy atom. The van der Waals surface area contributed by atoms with E-state index in [0.29, 0.717) is 0 Å². The topological polar surface area (TPSA) is 43.1 Å². The van der Waals surface area contributed by atoms with E-state index in [9.17, 15) is 10.1 Å². The molecule has 0 unspecified atom stereocenters. The van der Waals surface area contributed by atoms with Gasteiger partial charge in [0.2, 0.25) is 0 Å². The van der Waals surface area contributed by atoms with Crippen molar-refractivity contribution in [2.24, 2.45) is 0 Å². The van der Waals surface area contributed by atoms with Crippen molar-refractivity contribution in [3.05, 3.63) is 60.6 Å². The van der Waals surface area contributed by atoms with Gasteiger partial charge in [-0.15, -0.1) is 47.0 Å². The third-order valence-corrected chi connectivity index (χ3v) is 7.52. The van der Waals surface area contributed by atoms with E-state index in [0.717, 1.165) is 28.6 Å². The molecule has 0 radical (unpaired) electrons. The van der Waals surface area contributed by atoms with Crippen LogP contribution in [0.1, 0.15) is 39.2 Å². The zero-order chi connectivity index (χ0) is 19.4. The number of nitrogens with zero attached hydrogens (tertiary/aromatic N) is 1. The average Bonchev–Trinajstić information content (AvgIpc) is 2.62. The van der Waals surface area contributed by atoms with Gasteiger partial charge >= 0.3 is 0 Å². The van der Waals surface area contributed by atoms with Crippen LogP contribution in [0.25, 0.3) is 0 Å². The molecule has 0 N–H and O–H groups in total. The smallest absolute Gasteiger partial charge is 0.258 e. The van der Waals surface area contributed by atoms with Gasteiger partial charge < -0.3 is 0 Å². The molecule has 0 aromatic heterocycles. The molecule has 0 fully saturated rings. The van der Waals surface area contributed by atoms with Gasteiger partial charge in [0.1, 0.15) is 0 Å². The minimum absolute atomic E-state index is 0.122. The largest absolute Gasteiger partial charge is 0.269 e. The van der Waals surface area contributed by atoms with Crippen LogP contribution >= 0.6 is 47.0 Å². The van der Waals surface area contributed by atoms with Crippen molar-refractivity contribution in [3.63, 3.8) is 0 Å². The molecule has 1 aromatic carbocycles. The third-order valence-electron chi connectivity index (χ3n) is 3.27. The fourth-order valence-corrected chi connectivity index (χ4v) is 6.39. The summed E-state index contributed by atoms with van der Waals surface area (Å²) in [6.45, 7) is 8.65. The first-order chi connectivity index (χ1) is 12.5. The molecule has 0 aliphatic heterocycles. The molecule has 1 rings (SSSR count). The van der Waals surface area contributed by atoms with Gasteiger partial charge in [0.05, 0.1) is 4.92 Å². The number of hydrogen-bond acceptors (Lipinski definition) is 6. The SMILES string of the molecule is CCSC(=CC(C=C(SCC)SCC)c1ccc([N+](=O)[O-])cc1)SCC. The number of benzene rings is 1. The zero-order valence-electron chi connectivity index (χ0n) is 15.8. The highest BCUT2D eigenvalue weighted by Crippen LogP contribution is 2.37. The molecule has 0 atom stereocenters. The van der Waals surface area contributed by atoms with Crippen LogP contribution in [0.5, 0.6) is 0 Å². The maximum Gasteiger partial charge on any atom is 0.269 e. The molecule has 0 saturated carbocycles. The summed E-state index contributed by atoms with van der Waals surface area (Å²) in [5.74, 6) is 4.27. The first-order valence-electron chi connectivity index (χ1n) is 8.74. The predicted octanol–water partition coefficient (Wildman–Crippen LogP) is 7.37. The fraction of sp³-hybridized carbons (Fsp3) is 0.474. The number of nitro benzene ring substituents is 1. The second-order valence-electron chi connectivity index (χ2n) is 5.08. The lowest BCUT2D eigenvalue weighted by Gasteiger charge is -2.14. The summed E-state index contributed by atoms with van der Waals surface area (Å²) in [7, 11) is 0. The number of rotatable bonds is 12. The first kappa shape index (κ1) is 23.5. The van der Waals surface area contributed by atoms with Crippen LogP contribution in [0.2, 0.25) is 0 Å². The van der Waals surface area contributed by atoms with E-state index in [2.05, 4.69) is 39.8 Å². The standard InChI is InChI=1S/C19H27NO2S4/c1-5-23-18(24-6-2)13-16(14-19(25-7-3)26-8-4)15-9-11-17(12-10-15)20(21)22/h9-14,16H,5-8H2,1-4H3. The lowest BCUT2D eigenvalue weighted by molar-refractivity contribution is -0.384. The van der Waals surface area contributed by atoms with E-state index in [1.807, 2.05) is 59.2 Å². The molecule has 0 heterocycles. The summed E-state index contributed by atoms with van der Waals surface area (Å²) in [6.07, 6.45) is 4.60. The molecular weight excluding hydrogens is 402 g/mol. The fourth-order valence-electron chi connectivity index (χ4n) is 2.20. The van der Waals surface area contributed by atoms with Crippen LogP contribution in [-0.4, -0.2) is 27.9 Å². The van der Waals surface area contributed by atoms with E-state index in [1.54, 1.807) is 12.1 Å². The van der Waals surface area contributed by atoms with Gasteiger partial charge in [-0.05, 0) is 28.6 Å². The molecule has 0 bridgehead atoms. The van der Waals surface area contributed by atoms with Gasteiger partial charge in [0.15, 0.2) is 0 Å². The minimum atomic E-state index is -0.346. The summed E-state index contributed by atoms with van der Waals surface area (Å²) in [5.41, 5.74) is 1.23. The summed E-state index contributed by atoms with van der Waals surface area (Å²) in [6, 6.07) is 6.96. The van der Waals surface area contributed by atoms with Crippen LogP contribution in [-0.2, 0) is 0 Å². The van der Waals surface area contributed by atoms with E-state index in [4.69, 9.17) is 0 Å². The summed E-state index contributed by atoms with van der Waals surface area (Å²) < 4.78 is 2.63. The van der Waals surface area contributed by atoms with Crippen LogP contribution in [0, 0.1) is 10.1 Å². The molecule has 144 valence electrons. The average molecular weight is 430 g/mol. The monoisotopic (exact) mass is 429 g/mol. The second kappa shape index (κ2) is 13.6. The van der Waals surface area contributed by atoms with Crippen LogP contribution in [0.3, 0.4) is 0 Å². The summed E-state index contributed by atoms with van der Waals surface area (Å²) in [5, 5.41) is 10.9. The Morgan fingerprint density at radius 2 is 1.27 bits per heavy atom. The van der Waals surface area contributed by atoms with Crippen molar-refractivity contribution in [2.75, 3.05) is 23.0 Å². The maximum atomic E-state index is 10.9. The molecule has 1 aromatic rings. The molecule has 0 aliphatic carbocycles. The number of non-ortho nitro benzene ring substituents is 1. The van der Waals surface area contributed by atoms with Crippen LogP contribution < -0.4 is 0 Å². The molecule has 0 saturated heterocycles. The molecule has 26 heavy (non-hydrogen) atoms. The summed E-state index contributed by atoms with van der Waals surface area (Å²) >= 11 is 7.44. The predicted molar refractivity (Wildman–Crippen MR) is 125 cm³/mol. The van der Waals surface area contributed by atoms with Crippen molar-refractivity contribution in [1.29, 1.82) is 0 Å². The van der Waals surface area contributed by atoms with E-state index in [-0.39, 0.29) is 16.5 Å². The van der Waals surface area contributed by atoms with Crippen molar-refractivity contribution < 1.29 is 4.92 Å². The second-order valence-corrected chi connectivity index (χ2v) is 10.8. The lowest BCUT2D eigenvalue weighted by Crippen LogP contribution is -1.95. The number of hydrogen-bond donors (Lipinski definition) is 0. The van der Waals surface area contributed by atoms with Gasteiger partial charge in [0.25, 0.3) is 5.69 Å². The van der Waals surface area contributed by atoms with Crippen LogP contribution in [0.4, 0.5) is 5.69 Å². The Hall–Kier alpha value is -0.500. The maximum absolute atomic E-state index is 10.9. The number of thioether (sulfide) groups is 4. The highest BCUT2D eigenvalue weighted by Gasteiger charge is 2.13. The summed E-state index contributed by atoms with van der Waals surface area (Å²) in [4.78, 5) is 10.6. The van der Waals surface area contributed by atoms with E-state index >= 15 is 0 Å². The Kier molecular flexibility index (Phi) is 12.3. The van der Waals surface area contributed by atoms with Gasteiger partial charge in [-0.3, -0.25) is 10.1 Å². The molecule has 0 amide bonds. The molecule has 7 heteroatoms. The van der Waals surface area contributed by atoms with Gasteiger partial charge in [-0.2, -0.15) is 0 Å². The van der Waals surface area contributed by atoms with Gasteiger partial charge in [0, 0.05) is 26.5 Å². The number of nitro groups is 1. The molecular formula is C19H27NO2S4.